The molecule has 0 spiro atoms. The number of ether oxygens (including phenoxy) is 3. The molecule has 0 aromatic heterocycles. The van der Waals surface area contributed by atoms with Gasteiger partial charge in [-0.1, -0.05) is 27.5 Å². The number of amides is 1. The van der Waals surface area contributed by atoms with Crippen molar-refractivity contribution < 1.29 is 23.4 Å². The first-order valence-electron chi connectivity index (χ1n) is 7.00. The molecule has 0 radical (unpaired) electrons. The third kappa shape index (κ3) is 3.91. The van der Waals surface area contributed by atoms with E-state index in [1.54, 1.807) is 18.2 Å². The molecule has 126 valence electrons. The smallest absolute Gasteiger partial charge is 0.262 e. The Hall–Kier alpha value is -1.99. The van der Waals surface area contributed by atoms with Crippen molar-refractivity contribution in [2.24, 2.45) is 0 Å². The number of hydrogen-bond acceptors (Lipinski definition) is 4. The topological polar surface area (TPSA) is 56.8 Å². The van der Waals surface area contributed by atoms with Crippen LogP contribution >= 0.6 is 27.5 Å². The number of fused-ring (bicyclic) bond motifs is 1. The van der Waals surface area contributed by atoms with Crippen LogP contribution in [0.25, 0.3) is 0 Å². The van der Waals surface area contributed by atoms with E-state index in [1.165, 1.54) is 12.1 Å². The van der Waals surface area contributed by atoms with Crippen LogP contribution in [0.2, 0.25) is 5.02 Å². The number of halogens is 3. The van der Waals surface area contributed by atoms with Crippen molar-refractivity contribution >= 4 is 39.1 Å². The number of rotatable bonds is 4. The van der Waals surface area contributed by atoms with Gasteiger partial charge in [0, 0.05) is 16.6 Å². The molecule has 8 heteroatoms. The largest absolute Gasteiger partial charge is 0.486 e. The number of hydrogen-bond donors (Lipinski definition) is 1. The molecule has 1 aliphatic heterocycles. The first-order valence-corrected chi connectivity index (χ1v) is 8.17. The van der Waals surface area contributed by atoms with Crippen LogP contribution in [0.15, 0.2) is 34.8 Å². The second-order valence-electron chi connectivity index (χ2n) is 4.89. The van der Waals surface area contributed by atoms with Gasteiger partial charge in [-0.3, -0.25) is 4.79 Å². The van der Waals surface area contributed by atoms with Crippen molar-refractivity contribution in [1.29, 1.82) is 0 Å². The number of nitrogens with one attached hydrogen (secondary N) is 1. The molecular formula is C16H12BrClFNO4. The monoisotopic (exact) mass is 415 g/mol. The SMILES string of the molecule is O=C(COc1ccc(Br)cc1F)Nc1cc2c(cc1Cl)OCCO2. The minimum absolute atomic E-state index is 0.0124. The minimum atomic E-state index is -0.561. The van der Waals surface area contributed by atoms with E-state index < -0.39 is 11.7 Å². The van der Waals surface area contributed by atoms with Crippen LogP contribution in [0, 0.1) is 5.82 Å². The van der Waals surface area contributed by atoms with Gasteiger partial charge >= 0.3 is 0 Å². The maximum atomic E-state index is 13.6. The van der Waals surface area contributed by atoms with Crippen LogP contribution in [-0.4, -0.2) is 25.7 Å². The summed E-state index contributed by atoms with van der Waals surface area (Å²) < 4.78 is 30.2. The van der Waals surface area contributed by atoms with Crippen molar-refractivity contribution in [2.45, 2.75) is 0 Å². The first kappa shape index (κ1) is 16.9. The molecule has 0 fully saturated rings. The minimum Gasteiger partial charge on any atom is -0.486 e. The predicted octanol–water partition coefficient (Wildman–Crippen LogP) is 4.03. The fourth-order valence-electron chi connectivity index (χ4n) is 2.08. The molecule has 1 heterocycles. The fourth-order valence-corrected chi connectivity index (χ4v) is 2.62. The quantitative estimate of drug-likeness (QED) is 0.818. The van der Waals surface area contributed by atoms with Crippen molar-refractivity contribution in [1.82, 2.24) is 0 Å². The lowest BCUT2D eigenvalue weighted by atomic mass is 10.2. The zero-order chi connectivity index (χ0) is 17.1. The van der Waals surface area contributed by atoms with Gasteiger partial charge < -0.3 is 19.5 Å². The van der Waals surface area contributed by atoms with E-state index >= 15 is 0 Å². The average Bonchev–Trinajstić information content (AvgIpc) is 2.55. The van der Waals surface area contributed by atoms with Gasteiger partial charge in [0.1, 0.15) is 13.2 Å². The maximum Gasteiger partial charge on any atom is 0.262 e. The molecule has 0 bridgehead atoms. The van der Waals surface area contributed by atoms with Gasteiger partial charge in [0.05, 0.1) is 10.7 Å². The molecule has 0 aliphatic carbocycles. The van der Waals surface area contributed by atoms with E-state index in [9.17, 15) is 9.18 Å². The molecule has 0 unspecified atom stereocenters. The molecule has 2 aromatic rings. The second-order valence-corrected chi connectivity index (χ2v) is 6.21. The Morgan fingerprint density at radius 3 is 2.67 bits per heavy atom. The summed E-state index contributed by atoms with van der Waals surface area (Å²) in [6.45, 7) is 0.513. The van der Waals surface area contributed by atoms with Crippen LogP contribution in [0.1, 0.15) is 0 Å². The lowest BCUT2D eigenvalue weighted by Crippen LogP contribution is -2.21. The van der Waals surface area contributed by atoms with E-state index in [0.29, 0.717) is 39.9 Å². The number of carbonyl (C=O) groups is 1. The highest BCUT2D eigenvalue weighted by Crippen LogP contribution is 2.37. The Morgan fingerprint density at radius 1 is 1.25 bits per heavy atom. The second kappa shape index (κ2) is 7.27. The number of benzene rings is 2. The van der Waals surface area contributed by atoms with E-state index in [2.05, 4.69) is 21.2 Å². The molecule has 2 aromatic carbocycles. The third-order valence-electron chi connectivity index (χ3n) is 3.16. The standard InChI is InChI=1S/C16H12BrClFNO4/c17-9-1-2-13(11(19)5-9)24-8-16(21)20-12-7-15-14(6-10(12)18)22-3-4-23-15/h1-2,5-7H,3-4,8H2,(H,20,21). The molecule has 1 N–H and O–H groups in total. The lowest BCUT2D eigenvalue weighted by Gasteiger charge is -2.20. The highest BCUT2D eigenvalue weighted by molar-refractivity contribution is 9.10. The van der Waals surface area contributed by atoms with E-state index in [1.807, 2.05) is 0 Å². The molecular weight excluding hydrogens is 405 g/mol. The lowest BCUT2D eigenvalue weighted by molar-refractivity contribution is -0.118. The van der Waals surface area contributed by atoms with Crippen molar-refractivity contribution in [3.05, 3.63) is 45.6 Å². The van der Waals surface area contributed by atoms with Gasteiger partial charge in [0.2, 0.25) is 0 Å². The van der Waals surface area contributed by atoms with Crippen molar-refractivity contribution in [3.8, 4) is 17.2 Å². The Balaban J connectivity index is 1.64. The highest BCUT2D eigenvalue weighted by Gasteiger charge is 2.16. The molecule has 1 aliphatic rings. The Bertz CT molecular complexity index is 787. The third-order valence-corrected chi connectivity index (χ3v) is 3.96. The van der Waals surface area contributed by atoms with Gasteiger partial charge in [0.15, 0.2) is 29.7 Å². The molecule has 0 saturated heterocycles. The highest BCUT2D eigenvalue weighted by atomic mass is 79.9. The summed E-state index contributed by atoms with van der Waals surface area (Å²) >= 11 is 9.26. The Morgan fingerprint density at radius 2 is 1.96 bits per heavy atom. The zero-order valence-corrected chi connectivity index (χ0v) is 14.6. The van der Waals surface area contributed by atoms with Crippen LogP contribution in [0.4, 0.5) is 10.1 Å². The van der Waals surface area contributed by atoms with Gasteiger partial charge in [-0.15, -0.1) is 0 Å². The Kier molecular flexibility index (Phi) is 5.11. The zero-order valence-electron chi connectivity index (χ0n) is 12.3. The van der Waals surface area contributed by atoms with E-state index in [4.69, 9.17) is 25.8 Å². The summed E-state index contributed by atoms with van der Waals surface area (Å²) in [6, 6.07) is 7.46. The summed E-state index contributed by atoms with van der Waals surface area (Å²) in [6.07, 6.45) is 0. The van der Waals surface area contributed by atoms with Gasteiger partial charge in [-0.25, -0.2) is 4.39 Å². The average molecular weight is 417 g/mol. The number of carbonyl (C=O) groups excluding carboxylic acids is 1. The van der Waals surface area contributed by atoms with Crippen LogP contribution in [-0.2, 0) is 4.79 Å². The molecule has 5 nitrogen and oxygen atoms in total. The normalized spacial score (nSPS) is 12.6. The maximum absolute atomic E-state index is 13.6. The van der Waals surface area contributed by atoms with Gasteiger partial charge in [0.25, 0.3) is 5.91 Å². The summed E-state index contributed by atoms with van der Waals surface area (Å²) in [5.74, 6) is -0.0229. The molecule has 0 atom stereocenters. The summed E-state index contributed by atoms with van der Waals surface area (Å²) in [5.41, 5.74) is 0.366. The first-order chi connectivity index (χ1) is 11.5. The fraction of sp³-hybridized carbons (Fsp3) is 0.188. The van der Waals surface area contributed by atoms with Crippen LogP contribution in [0.3, 0.4) is 0 Å². The number of anilines is 1. The van der Waals surface area contributed by atoms with E-state index in [0.717, 1.165) is 0 Å². The van der Waals surface area contributed by atoms with E-state index in [-0.39, 0.29) is 12.4 Å². The molecule has 24 heavy (non-hydrogen) atoms. The van der Waals surface area contributed by atoms with Crippen molar-refractivity contribution in [3.63, 3.8) is 0 Å². The van der Waals surface area contributed by atoms with Crippen LogP contribution in [0.5, 0.6) is 17.2 Å². The summed E-state index contributed by atoms with van der Waals surface area (Å²) in [5, 5.41) is 2.91. The summed E-state index contributed by atoms with van der Waals surface area (Å²) in [7, 11) is 0. The molecule has 0 saturated carbocycles. The van der Waals surface area contributed by atoms with Gasteiger partial charge in [-0.2, -0.15) is 0 Å². The van der Waals surface area contributed by atoms with Crippen molar-refractivity contribution in [2.75, 3.05) is 25.1 Å². The summed E-state index contributed by atoms with van der Waals surface area (Å²) in [4.78, 5) is 12.0. The Labute approximate surface area is 150 Å². The predicted molar refractivity (Wildman–Crippen MR) is 90.7 cm³/mol. The molecule has 3 rings (SSSR count). The van der Waals surface area contributed by atoms with Gasteiger partial charge in [-0.05, 0) is 18.2 Å². The molecule has 1 amide bonds. The van der Waals surface area contributed by atoms with Crippen LogP contribution < -0.4 is 19.5 Å².